The zero-order valence-electron chi connectivity index (χ0n) is 12.2. The van der Waals surface area contributed by atoms with Crippen LogP contribution in [0, 0.1) is 0 Å². The van der Waals surface area contributed by atoms with Gasteiger partial charge in [0.1, 0.15) is 0 Å². The molecular formula is C16H17NO4. The summed E-state index contributed by atoms with van der Waals surface area (Å²) in [5.74, 6) is 0.664. The summed E-state index contributed by atoms with van der Waals surface area (Å²) in [6.07, 6.45) is 0. The molecule has 0 spiro atoms. The maximum Gasteiger partial charge on any atom is 0.249 e. The Labute approximate surface area is 123 Å². The van der Waals surface area contributed by atoms with E-state index < -0.39 is 5.91 Å². The van der Waals surface area contributed by atoms with Crippen molar-refractivity contribution in [3.05, 3.63) is 42.0 Å². The second-order valence-electron chi connectivity index (χ2n) is 4.30. The Bertz CT molecular complexity index is 653. The van der Waals surface area contributed by atoms with Crippen LogP contribution in [0.5, 0.6) is 17.2 Å². The Morgan fingerprint density at radius 2 is 1.57 bits per heavy atom. The van der Waals surface area contributed by atoms with Crippen molar-refractivity contribution in [2.45, 2.75) is 0 Å². The molecule has 0 aliphatic carbocycles. The van der Waals surface area contributed by atoms with Crippen LogP contribution in [0.1, 0.15) is 10.4 Å². The lowest BCUT2D eigenvalue weighted by Crippen LogP contribution is -2.14. The van der Waals surface area contributed by atoms with Crippen LogP contribution in [-0.4, -0.2) is 27.2 Å². The molecule has 0 fully saturated rings. The fourth-order valence-corrected chi connectivity index (χ4v) is 2.24. The average Bonchev–Trinajstić information content (AvgIpc) is 2.53. The van der Waals surface area contributed by atoms with E-state index in [9.17, 15) is 4.79 Å². The molecule has 21 heavy (non-hydrogen) atoms. The summed E-state index contributed by atoms with van der Waals surface area (Å²) >= 11 is 0. The Morgan fingerprint density at radius 1 is 0.952 bits per heavy atom. The third-order valence-corrected chi connectivity index (χ3v) is 3.16. The molecule has 0 saturated heterocycles. The predicted octanol–water partition coefficient (Wildman–Crippen LogP) is 2.48. The van der Waals surface area contributed by atoms with E-state index in [1.807, 2.05) is 30.3 Å². The van der Waals surface area contributed by atoms with E-state index in [1.165, 1.54) is 21.3 Å². The van der Waals surface area contributed by atoms with E-state index in [2.05, 4.69) is 0 Å². The van der Waals surface area contributed by atoms with Crippen LogP contribution in [0.3, 0.4) is 0 Å². The number of hydrogen-bond acceptors (Lipinski definition) is 4. The summed E-state index contributed by atoms with van der Waals surface area (Å²) in [7, 11) is 4.51. The molecule has 0 bridgehead atoms. The van der Waals surface area contributed by atoms with E-state index >= 15 is 0 Å². The number of carbonyl (C=O) groups is 1. The highest BCUT2D eigenvalue weighted by atomic mass is 16.5. The van der Waals surface area contributed by atoms with Crippen molar-refractivity contribution < 1.29 is 19.0 Å². The first-order valence-electron chi connectivity index (χ1n) is 6.32. The van der Waals surface area contributed by atoms with Gasteiger partial charge in [0, 0.05) is 5.56 Å². The monoisotopic (exact) mass is 287 g/mol. The van der Waals surface area contributed by atoms with E-state index in [-0.39, 0.29) is 0 Å². The molecule has 2 aromatic rings. The van der Waals surface area contributed by atoms with Gasteiger partial charge in [-0.1, -0.05) is 30.3 Å². The van der Waals surface area contributed by atoms with Gasteiger partial charge in [0.05, 0.1) is 26.9 Å². The summed E-state index contributed by atoms with van der Waals surface area (Å²) in [6.45, 7) is 0. The number of carbonyl (C=O) groups excluding carboxylic acids is 1. The van der Waals surface area contributed by atoms with Crippen molar-refractivity contribution in [1.29, 1.82) is 0 Å². The number of nitrogens with two attached hydrogens (primary N) is 1. The predicted molar refractivity (Wildman–Crippen MR) is 80.1 cm³/mol. The molecule has 0 radical (unpaired) electrons. The van der Waals surface area contributed by atoms with Gasteiger partial charge in [-0.25, -0.2) is 0 Å². The zero-order chi connectivity index (χ0) is 15.4. The van der Waals surface area contributed by atoms with Crippen LogP contribution < -0.4 is 19.9 Å². The fourth-order valence-electron chi connectivity index (χ4n) is 2.24. The molecule has 2 N–H and O–H groups in total. The highest BCUT2D eigenvalue weighted by molar-refractivity contribution is 6.03. The van der Waals surface area contributed by atoms with Crippen molar-refractivity contribution in [2.24, 2.45) is 5.73 Å². The van der Waals surface area contributed by atoms with Gasteiger partial charge in [-0.2, -0.15) is 0 Å². The lowest BCUT2D eigenvalue weighted by Gasteiger charge is -2.18. The summed E-state index contributed by atoms with van der Waals surface area (Å²) < 4.78 is 16.0. The Balaban J connectivity index is 2.85. The highest BCUT2D eigenvalue weighted by Gasteiger charge is 2.23. The van der Waals surface area contributed by atoms with Gasteiger partial charge in [0.2, 0.25) is 11.7 Å². The van der Waals surface area contributed by atoms with Gasteiger partial charge in [0.25, 0.3) is 0 Å². The molecule has 0 heterocycles. The molecule has 0 unspecified atom stereocenters. The van der Waals surface area contributed by atoms with Crippen molar-refractivity contribution >= 4 is 5.91 Å². The third kappa shape index (κ3) is 2.63. The zero-order valence-corrected chi connectivity index (χ0v) is 12.2. The number of amides is 1. The molecule has 2 rings (SSSR count). The first-order chi connectivity index (χ1) is 10.1. The molecule has 5 nitrogen and oxygen atoms in total. The molecule has 2 aromatic carbocycles. The van der Waals surface area contributed by atoms with Crippen LogP contribution >= 0.6 is 0 Å². The second kappa shape index (κ2) is 6.17. The summed E-state index contributed by atoms with van der Waals surface area (Å²) in [6, 6.07) is 10.9. The van der Waals surface area contributed by atoms with Gasteiger partial charge in [-0.3, -0.25) is 4.79 Å². The maximum atomic E-state index is 11.8. The van der Waals surface area contributed by atoms with Crippen molar-refractivity contribution in [3.63, 3.8) is 0 Å². The van der Waals surface area contributed by atoms with Gasteiger partial charge in [-0.15, -0.1) is 0 Å². The molecule has 110 valence electrons. The first kappa shape index (κ1) is 14.7. The largest absolute Gasteiger partial charge is 0.493 e. The van der Waals surface area contributed by atoms with Crippen molar-refractivity contribution in [2.75, 3.05) is 21.3 Å². The molecule has 0 atom stereocenters. The molecule has 0 aromatic heterocycles. The normalized spacial score (nSPS) is 10.0. The van der Waals surface area contributed by atoms with Gasteiger partial charge in [-0.05, 0) is 11.6 Å². The van der Waals surface area contributed by atoms with E-state index in [4.69, 9.17) is 19.9 Å². The average molecular weight is 287 g/mol. The number of ether oxygens (including phenoxy) is 3. The van der Waals surface area contributed by atoms with Crippen LogP contribution in [0.4, 0.5) is 0 Å². The summed E-state index contributed by atoms with van der Waals surface area (Å²) in [5, 5.41) is 0. The quantitative estimate of drug-likeness (QED) is 0.917. The molecule has 1 amide bonds. The lowest BCUT2D eigenvalue weighted by molar-refractivity contribution is 0.1000. The van der Waals surface area contributed by atoms with E-state index in [0.717, 1.165) is 5.56 Å². The first-order valence-corrected chi connectivity index (χ1v) is 6.32. The smallest absolute Gasteiger partial charge is 0.249 e. The van der Waals surface area contributed by atoms with Gasteiger partial charge in [0.15, 0.2) is 11.5 Å². The van der Waals surface area contributed by atoms with Crippen LogP contribution in [-0.2, 0) is 0 Å². The van der Waals surface area contributed by atoms with Gasteiger partial charge < -0.3 is 19.9 Å². The molecule has 0 aliphatic heterocycles. The van der Waals surface area contributed by atoms with Crippen LogP contribution in [0.15, 0.2) is 36.4 Å². The summed E-state index contributed by atoms with van der Waals surface area (Å²) in [4.78, 5) is 11.8. The SMILES string of the molecule is COc1cc(C(N)=O)c(-c2ccccc2)c(OC)c1OC. The van der Waals surface area contributed by atoms with Crippen LogP contribution in [0.25, 0.3) is 11.1 Å². The van der Waals surface area contributed by atoms with E-state index in [1.54, 1.807) is 6.07 Å². The van der Waals surface area contributed by atoms with Crippen LogP contribution in [0.2, 0.25) is 0 Å². The Morgan fingerprint density at radius 3 is 2.05 bits per heavy atom. The molecule has 0 saturated carbocycles. The molecule has 0 aliphatic rings. The fraction of sp³-hybridized carbons (Fsp3) is 0.188. The number of hydrogen-bond donors (Lipinski definition) is 1. The third-order valence-electron chi connectivity index (χ3n) is 3.16. The minimum Gasteiger partial charge on any atom is -0.493 e. The lowest BCUT2D eigenvalue weighted by atomic mass is 9.97. The Hall–Kier alpha value is -2.69. The topological polar surface area (TPSA) is 70.8 Å². The highest BCUT2D eigenvalue weighted by Crippen LogP contribution is 2.46. The van der Waals surface area contributed by atoms with Gasteiger partial charge >= 0.3 is 0 Å². The number of methoxy groups -OCH3 is 3. The number of primary amides is 1. The minimum atomic E-state index is -0.562. The minimum absolute atomic E-state index is 0.315. The molecule has 5 heteroatoms. The molecular weight excluding hydrogens is 270 g/mol. The van der Waals surface area contributed by atoms with Crippen molar-refractivity contribution in [1.82, 2.24) is 0 Å². The van der Waals surface area contributed by atoms with Crippen molar-refractivity contribution in [3.8, 4) is 28.4 Å². The standard InChI is InChI=1S/C16H17NO4/c1-19-12-9-11(16(17)18)13(10-7-5-4-6-8-10)15(21-3)14(12)20-2/h4-9H,1-3H3,(H2,17,18). The maximum absolute atomic E-state index is 11.8. The van der Waals surface area contributed by atoms with E-state index in [0.29, 0.717) is 28.4 Å². The number of rotatable bonds is 5. The second-order valence-corrected chi connectivity index (χ2v) is 4.30. The summed E-state index contributed by atoms with van der Waals surface area (Å²) in [5.41, 5.74) is 7.21. The Kier molecular flexibility index (Phi) is 4.33. The number of benzene rings is 2.